The predicted molar refractivity (Wildman–Crippen MR) is 77.6 cm³/mol. The highest BCUT2D eigenvalue weighted by Gasteiger charge is 2.19. The third-order valence-electron chi connectivity index (χ3n) is 2.83. The van der Waals surface area contributed by atoms with Gasteiger partial charge in [0.05, 0.1) is 23.1 Å². The zero-order valence-electron chi connectivity index (χ0n) is 11.1. The number of aromatic carboxylic acids is 1. The molecule has 8 heteroatoms. The van der Waals surface area contributed by atoms with E-state index in [1.165, 1.54) is 12.3 Å². The molecule has 0 aliphatic heterocycles. The fourth-order valence-corrected chi connectivity index (χ4v) is 2.93. The van der Waals surface area contributed by atoms with Crippen LogP contribution in [-0.4, -0.2) is 24.5 Å². The number of anilines is 2. The van der Waals surface area contributed by atoms with Gasteiger partial charge in [-0.25, -0.2) is 13.2 Å². The molecule has 0 bridgehead atoms. The Hall–Kier alpha value is -2.61. The van der Waals surface area contributed by atoms with Crippen molar-refractivity contribution in [2.75, 3.05) is 10.5 Å². The van der Waals surface area contributed by atoms with Gasteiger partial charge in [-0.3, -0.25) is 9.71 Å². The number of aromatic nitrogens is 1. The highest BCUT2D eigenvalue weighted by Crippen LogP contribution is 2.23. The highest BCUT2D eigenvalue weighted by atomic mass is 32.2. The van der Waals surface area contributed by atoms with Gasteiger partial charge in [0.25, 0.3) is 10.0 Å². The van der Waals surface area contributed by atoms with Crippen LogP contribution in [0.25, 0.3) is 0 Å². The van der Waals surface area contributed by atoms with Crippen molar-refractivity contribution in [3.63, 3.8) is 0 Å². The summed E-state index contributed by atoms with van der Waals surface area (Å²) < 4.78 is 27.0. The molecule has 0 fully saturated rings. The van der Waals surface area contributed by atoms with Crippen molar-refractivity contribution in [3.8, 4) is 0 Å². The quantitative estimate of drug-likeness (QED) is 0.735. The fourth-order valence-electron chi connectivity index (χ4n) is 1.70. The first-order chi connectivity index (χ1) is 9.81. The molecule has 0 amide bonds. The SMILES string of the molecule is Cc1ccncc1NS(=O)(=O)c1ccc(C(=O)O)cc1N. The zero-order valence-corrected chi connectivity index (χ0v) is 11.9. The largest absolute Gasteiger partial charge is 0.478 e. The standard InChI is InChI=1S/C13H13N3O4S/c1-8-4-5-15-7-11(8)16-21(19,20)12-3-2-9(13(17)18)6-10(12)14/h2-7,16H,14H2,1H3,(H,17,18). The van der Waals surface area contributed by atoms with Gasteiger partial charge < -0.3 is 10.8 Å². The van der Waals surface area contributed by atoms with E-state index >= 15 is 0 Å². The second-order valence-corrected chi connectivity index (χ2v) is 6.00. The summed E-state index contributed by atoms with van der Waals surface area (Å²) in [7, 11) is -3.92. The summed E-state index contributed by atoms with van der Waals surface area (Å²) in [5, 5.41) is 8.85. The maximum absolute atomic E-state index is 12.3. The van der Waals surface area contributed by atoms with E-state index in [2.05, 4.69) is 9.71 Å². The molecule has 0 saturated carbocycles. The van der Waals surface area contributed by atoms with Crippen molar-refractivity contribution in [3.05, 3.63) is 47.8 Å². The van der Waals surface area contributed by atoms with E-state index in [1.54, 1.807) is 19.2 Å². The van der Waals surface area contributed by atoms with E-state index < -0.39 is 16.0 Å². The molecule has 110 valence electrons. The van der Waals surface area contributed by atoms with Gasteiger partial charge in [-0.15, -0.1) is 0 Å². The van der Waals surface area contributed by atoms with Gasteiger partial charge in [-0.1, -0.05) is 0 Å². The number of nitrogen functional groups attached to an aromatic ring is 1. The monoisotopic (exact) mass is 307 g/mol. The lowest BCUT2D eigenvalue weighted by atomic mass is 10.2. The number of benzene rings is 1. The van der Waals surface area contributed by atoms with Crippen LogP contribution >= 0.6 is 0 Å². The Morgan fingerprint density at radius 1 is 1.33 bits per heavy atom. The molecule has 1 aromatic heterocycles. The third-order valence-corrected chi connectivity index (χ3v) is 4.27. The van der Waals surface area contributed by atoms with Crippen LogP contribution in [0.2, 0.25) is 0 Å². The molecule has 1 aromatic carbocycles. The van der Waals surface area contributed by atoms with Crippen LogP contribution in [0.4, 0.5) is 11.4 Å². The maximum Gasteiger partial charge on any atom is 0.335 e. The topological polar surface area (TPSA) is 122 Å². The number of rotatable bonds is 4. The Balaban J connectivity index is 2.41. The van der Waals surface area contributed by atoms with E-state index in [0.717, 1.165) is 12.1 Å². The van der Waals surface area contributed by atoms with Crippen LogP contribution in [0.5, 0.6) is 0 Å². The number of hydrogen-bond acceptors (Lipinski definition) is 5. The second-order valence-electron chi connectivity index (χ2n) is 4.35. The Morgan fingerprint density at radius 2 is 2.05 bits per heavy atom. The molecular weight excluding hydrogens is 294 g/mol. The van der Waals surface area contributed by atoms with Gasteiger partial charge in [0, 0.05) is 6.20 Å². The lowest BCUT2D eigenvalue weighted by Crippen LogP contribution is -2.16. The van der Waals surface area contributed by atoms with Crippen LogP contribution in [0, 0.1) is 6.92 Å². The van der Waals surface area contributed by atoms with Crippen LogP contribution in [0.1, 0.15) is 15.9 Å². The van der Waals surface area contributed by atoms with Gasteiger partial charge in [0.2, 0.25) is 0 Å². The van der Waals surface area contributed by atoms with Crippen LogP contribution in [0.15, 0.2) is 41.6 Å². The number of pyridine rings is 1. The minimum absolute atomic E-state index is 0.0796. The molecular formula is C13H13N3O4S. The number of aryl methyl sites for hydroxylation is 1. The average Bonchev–Trinajstić information content (AvgIpc) is 2.40. The van der Waals surface area contributed by atoms with Gasteiger partial charge in [0.15, 0.2) is 0 Å². The van der Waals surface area contributed by atoms with E-state index in [-0.39, 0.29) is 16.1 Å². The number of nitrogens with zero attached hydrogens (tertiary/aromatic N) is 1. The van der Waals surface area contributed by atoms with E-state index in [4.69, 9.17) is 10.8 Å². The average molecular weight is 307 g/mol. The number of hydrogen-bond donors (Lipinski definition) is 3. The number of carboxylic acids is 1. The summed E-state index contributed by atoms with van der Waals surface area (Å²) in [5.41, 5.74) is 6.46. The Morgan fingerprint density at radius 3 is 2.62 bits per heavy atom. The zero-order chi connectivity index (χ0) is 15.6. The summed E-state index contributed by atoms with van der Waals surface area (Å²) in [6.45, 7) is 1.73. The van der Waals surface area contributed by atoms with Crippen molar-refractivity contribution in [1.82, 2.24) is 4.98 Å². The lowest BCUT2D eigenvalue weighted by molar-refractivity contribution is 0.0697. The molecule has 0 saturated heterocycles. The van der Waals surface area contributed by atoms with Gasteiger partial charge in [-0.2, -0.15) is 0 Å². The molecule has 7 nitrogen and oxygen atoms in total. The van der Waals surface area contributed by atoms with Crippen LogP contribution in [-0.2, 0) is 10.0 Å². The fraction of sp³-hybridized carbons (Fsp3) is 0.0769. The van der Waals surface area contributed by atoms with Crippen molar-refractivity contribution in [1.29, 1.82) is 0 Å². The number of sulfonamides is 1. The summed E-state index contributed by atoms with van der Waals surface area (Å²) in [4.78, 5) is 14.5. The summed E-state index contributed by atoms with van der Waals surface area (Å²) >= 11 is 0. The molecule has 4 N–H and O–H groups in total. The van der Waals surface area contributed by atoms with Crippen molar-refractivity contribution in [2.45, 2.75) is 11.8 Å². The molecule has 0 radical (unpaired) electrons. The molecule has 0 unspecified atom stereocenters. The van der Waals surface area contributed by atoms with Gasteiger partial charge in [0.1, 0.15) is 4.90 Å². The van der Waals surface area contributed by atoms with E-state index in [0.29, 0.717) is 11.3 Å². The third kappa shape index (κ3) is 3.11. The molecule has 0 aliphatic carbocycles. The first kappa shape index (κ1) is 14.8. The normalized spacial score (nSPS) is 11.1. The molecule has 0 spiro atoms. The smallest absolute Gasteiger partial charge is 0.335 e. The first-order valence-corrected chi connectivity index (χ1v) is 7.36. The number of carboxylic acid groups (broad SMARTS) is 1. The Kier molecular flexibility index (Phi) is 3.81. The predicted octanol–water partition coefficient (Wildman–Crippen LogP) is 1.47. The van der Waals surface area contributed by atoms with Crippen LogP contribution < -0.4 is 10.5 Å². The maximum atomic E-state index is 12.3. The molecule has 21 heavy (non-hydrogen) atoms. The number of nitrogens with one attached hydrogen (secondary N) is 1. The minimum atomic E-state index is -3.92. The van der Waals surface area contributed by atoms with Crippen molar-refractivity contribution >= 4 is 27.4 Å². The number of nitrogens with two attached hydrogens (primary N) is 1. The highest BCUT2D eigenvalue weighted by molar-refractivity contribution is 7.92. The molecule has 1 heterocycles. The minimum Gasteiger partial charge on any atom is -0.478 e. The van der Waals surface area contributed by atoms with Gasteiger partial charge >= 0.3 is 5.97 Å². The molecule has 0 atom stereocenters. The second kappa shape index (κ2) is 5.41. The van der Waals surface area contributed by atoms with Crippen LogP contribution in [0.3, 0.4) is 0 Å². The van der Waals surface area contributed by atoms with Crippen molar-refractivity contribution in [2.24, 2.45) is 0 Å². The van der Waals surface area contributed by atoms with Crippen molar-refractivity contribution < 1.29 is 18.3 Å². The van der Waals surface area contributed by atoms with E-state index in [1.807, 2.05) is 0 Å². The Bertz CT molecular complexity index is 803. The summed E-state index contributed by atoms with van der Waals surface area (Å²) in [6, 6.07) is 5.11. The first-order valence-electron chi connectivity index (χ1n) is 5.87. The molecule has 0 aliphatic rings. The van der Waals surface area contributed by atoms with Gasteiger partial charge in [-0.05, 0) is 36.8 Å². The summed E-state index contributed by atoms with van der Waals surface area (Å²) in [6.07, 6.45) is 2.93. The number of carbonyl (C=O) groups is 1. The van der Waals surface area contributed by atoms with E-state index in [9.17, 15) is 13.2 Å². The summed E-state index contributed by atoms with van der Waals surface area (Å²) in [5.74, 6) is -1.18. The Labute approximate surface area is 121 Å². The lowest BCUT2D eigenvalue weighted by Gasteiger charge is -2.12. The molecule has 2 aromatic rings. The molecule has 2 rings (SSSR count).